The Kier molecular flexibility index (Phi) is 4.45. The Bertz CT molecular complexity index is 999. The third-order valence-corrected chi connectivity index (χ3v) is 7.19. The molecule has 0 saturated carbocycles. The number of hydrogen-bond acceptors (Lipinski definition) is 6. The van der Waals surface area contributed by atoms with Gasteiger partial charge in [0, 0.05) is 10.5 Å². The van der Waals surface area contributed by atoms with E-state index < -0.39 is 35.2 Å². The van der Waals surface area contributed by atoms with Gasteiger partial charge in [-0.1, -0.05) is 18.2 Å². The number of nitrogens with one attached hydrogen (secondary N) is 1. The fourth-order valence-electron chi connectivity index (χ4n) is 3.40. The van der Waals surface area contributed by atoms with Crippen LogP contribution in [0.2, 0.25) is 0 Å². The van der Waals surface area contributed by atoms with Crippen LogP contribution in [0.5, 0.6) is 0 Å². The van der Waals surface area contributed by atoms with Gasteiger partial charge in [-0.15, -0.1) is 23.1 Å². The molecular formula is C18H17N3O4S2. The summed E-state index contributed by atoms with van der Waals surface area (Å²) in [5, 5.41) is 14.4. The van der Waals surface area contributed by atoms with Crippen LogP contribution in [0.1, 0.15) is 18.5 Å². The lowest BCUT2D eigenvalue weighted by Crippen LogP contribution is -2.71. The van der Waals surface area contributed by atoms with E-state index in [1.165, 1.54) is 28.0 Å². The van der Waals surface area contributed by atoms with Crippen LogP contribution in [0.3, 0.4) is 0 Å². The Hall–Kier alpha value is -2.36. The molecule has 7 nitrogen and oxygen atoms in total. The second-order valence-corrected chi connectivity index (χ2v) is 8.51. The molecule has 1 fully saturated rings. The van der Waals surface area contributed by atoms with Gasteiger partial charge < -0.3 is 16.2 Å². The van der Waals surface area contributed by atoms with E-state index in [1.807, 2.05) is 29.6 Å². The van der Waals surface area contributed by atoms with Gasteiger partial charge in [0.15, 0.2) is 0 Å². The summed E-state index contributed by atoms with van der Waals surface area (Å²) in [6.07, 6.45) is 0. The summed E-state index contributed by atoms with van der Waals surface area (Å²) in [6.45, 7) is 1.70. The normalized spacial score (nSPS) is 23.0. The number of fused-ring (bicyclic) bond motifs is 2. The number of thiophene rings is 1. The number of amides is 2. The highest BCUT2D eigenvalue weighted by molar-refractivity contribution is 8.00. The first-order chi connectivity index (χ1) is 12.9. The van der Waals surface area contributed by atoms with Gasteiger partial charge in [-0.05, 0) is 34.9 Å². The molecule has 2 aliphatic rings. The first-order valence-electron chi connectivity index (χ1n) is 8.30. The molecule has 2 aromatic rings. The number of carboxylic acids is 1. The van der Waals surface area contributed by atoms with Gasteiger partial charge in [0.25, 0.3) is 5.91 Å². The first-order valence-corrected chi connectivity index (χ1v) is 10.2. The summed E-state index contributed by atoms with van der Waals surface area (Å²) in [5.41, 5.74) is 7.52. The van der Waals surface area contributed by atoms with E-state index in [-0.39, 0.29) is 5.70 Å². The Morgan fingerprint density at radius 1 is 1.37 bits per heavy atom. The maximum Gasteiger partial charge on any atom is 0.352 e. The molecule has 3 atom stereocenters. The third kappa shape index (κ3) is 2.82. The molecule has 2 amide bonds. The van der Waals surface area contributed by atoms with E-state index in [2.05, 4.69) is 5.32 Å². The molecule has 4 N–H and O–H groups in total. The van der Waals surface area contributed by atoms with Gasteiger partial charge in [0.05, 0.1) is 0 Å². The Balaban J connectivity index is 1.51. The van der Waals surface area contributed by atoms with Crippen molar-refractivity contribution in [2.75, 3.05) is 5.75 Å². The number of nitrogens with two attached hydrogens (primary N) is 1. The lowest BCUT2D eigenvalue weighted by Gasteiger charge is -2.49. The average Bonchev–Trinajstić information content (AvgIpc) is 3.08. The van der Waals surface area contributed by atoms with E-state index in [0.29, 0.717) is 11.3 Å². The van der Waals surface area contributed by atoms with Gasteiger partial charge in [-0.25, -0.2) is 4.79 Å². The van der Waals surface area contributed by atoms with Gasteiger partial charge in [0.1, 0.15) is 23.2 Å². The number of aliphatic carboxylic acids is 1. The zero-order chi connectivity index (χ0) is 19.3. The molecular weight excluding hydrogens is 386 g/mol. The standard InChI is InChI=1S/C18H17N3O4S2/c1-8-6-27-17-13(16(23)21(17)14(8)18(24)25)20-15(22)12(19)10-7-26-11-5-3-2-4-9(10)11/h2-5,7,12-13,17H,6,19H2,1H3,(H,20,22)(H,24,25)/t12?,13?,17-/m0/s1. The van der Waals surface area contributed by atoms with Crippen molar-refractivity contribution in [3.05, 3.63) is 46.5 Å². The second kappa shape index (κ2) is 6.66. The van der Waals surface area contributed by atoms with Crippen LogP contribution in [0.25, 0.3) is 10.1 Å². The number of benzene rings is 1. The van der Waals surface area contributed by atoms with Crippen molar-refractivity contribution in [1.82, 2.24) is 10.2 Å². The molecule has 0 aliphatic carbocycles. The summed E-state index contributed by atoms with van der Waals surface area (Å²) in [6, 6.07) is 6.02. The van der Waals surface area contributed by atoms with Crippen molar-refractivity contribution < 1.29 is 19.5 Å². The number of thioether (sulfide) groups is 1. The quantitative estimate of drug-likeness (QED) is 0.669. The molecule has 4 rings (SSSR count). The Labute approximate surface area is 163 Å². The number of β-lactam (4-membered cyclic amide) rings is 1. The van der Waals surface area contributed by atoms with Crippen LogP contribution in [-0.4, -0.2) is 45.0 Å². The number of carboxylic acid groups (broad SMARTS) is 1. The Morgan fingerprint density at radius 3 is 2.85 bits per heavy atom. The van der Waals surface area contributed by atoms with Crippen LogP contribution >= 0.6 is 23.1 Å². The van der Waals surface area contributed by atoms with Crippen LogP contribution in [0.15, 0.2) is 40.9 Å². The highest BCUT2D eigenvalue weighted by Crippen LogP contribution is 2.40. The van der Waals surface area contributed by atoms with Crippen LogP contribution in [0.4, 0.5) is 0 Å². The minimum atomic E-state index is -1.13. The van der Waals surface area contributed by atoms with Gasteiger partial charge in [-0.2, -0.15) is 0 Å². The van der Waals surface area contributed by atoms with E-state index in [9.17, 15) is 19.5 Å². The predicted octanol–water partition coefficient (Wildman–Crippen LogP) is 1.66. The molecule has 2 aliphatic heterocycles. The molecule has 0 bridgehead atoms. The molecule has 1 aromatic heterocycles. The minimum absolute atomic E-state index is 0.0161. The molecule has 1 aromatic carbocycles. The fraction of sp³-hybridized carbons (Fsp3) is 0.278. The number of rotatable bonds is 4. The molecule has 140 valence electrons. The summed E-state index contributed by atoms with van der Waals surface area (Å²) in [4.78, 5) is 37.8. The Morgan fingerprint density at radius 2 is 2.11 bits per heavy atom. The summed E-state index contributed by atoms with van der Waals surface area (Å²) < 4.78 is 1.04. The summed E-state index contributed by atoms with van der Waals surface area (Å²) in [7, 11) is 0. The van der Waals surface area contributed by atoms with Crippen LogP contribution < -0.4 is 11.1 Å². The number of carbonyl (C=O) groups is 3. The topological polar surface area (TPSA) is 113 Å². The maximum atomic E-state index is 12.6. The second-order valence-electron chi connectivity index (χ2n) is 6.50. The molecule has 27 heavy (non-hydrogen) atoms. The lowest BCUT2D eigenvalue weighted by molar-refractivity contribution is -0.150. The van der Waals surface area contributed by atoms with E-state index in [1.54, 1.807) is 6.92 Å². The third-order valence-electron chi connectivity index (χ3n) is 4.79. The van der Waals surface area contributed by atoms with Crippen molar-refractivity contribution in [2.45, 2.75) is 24.4 Å². The van der Waals surface area contributed by atoms with E-state index in [0.717, 1.165) is 15.6 Å². The van der Waals surface area contributed by atoms with Crippen LogP contribution in [-0.2, 0) is 14.4 Å². The van der Waals surface area contributed by atoms with Crippen molar-refractivity contribution in [1.29, 1.82) is 0 Å². The van der Waals surface area contributed by atoms with E-state index >= 15 is 0 Å². The highest BCUT2D eigenvalue weighted by Gasteiger charge is 2.53. The number of nitrogens with zero attached hydrogens (tertiary/aromatic N) is 1. The van der Waals surface area contributed by atoms with Gasteiger partial charge >= 0.3 is 5.97 Å². The summed E-state index contributed by atoms with van der Waals surface area (Å²) >= 11 is 2.95. The SMILES string of the molecule is CC1=C(C(=O)O)N2C(=O)C(NC(=O)C(N)c3csc4ccccc34)[C@@H]2SC1. The highest BCUT2D eigenvalue weighted by atomic mass is 32.2. The van der Waals surface area contributed by atoms with Crippen molar-refractivity contribution in [3.63, 3.8) is 0 Å². The minimum Gasteiger partial charge on any atom is -0.477 e. The summed E-state index contributed by atoms with van der Waals surface area (Å²) in [5.74, 6) is -1.48. The molecule has 0 spiro atoms. The molecule has 9 heteroatoms. The monoisotopic (exact) mass is 403 g/mol. The van der Waals surface area contributed by atoms with Crippen LogP contribution in [0, 0.1) is 0 Å². The average molecular weight is 403 g/mol. The molecule has 0 radical (unpaired) electrons. The van der Waals surface area contributed by atoms with Crippen molar-refractivity contribution in [2.24, 2.45) is 5.73 Å². The predicted molar refractivity (Wildman–Crippen MR) is 104 cm³/mol. The van der Waals surface area contributed by atoms with Crippen molar-refractivity contribution in [3.8, 4) is 0 Å². The first kappa shape index (κ1) is 18.0. The largest absolute Gasteiger partial charge is 0.477 e. The van der Waals surface area contributed by atoms with Gasteiger partial charge in [-0.3, -0.25) is 14.5 Å². The zero-order valence-electron chi connectivity index (χ0n) is 14.3. The fourth-order valence-corrected chi connectivity index (χ4v) is 5.69. The molecule has 1 saturated heterocycles. The van der Waals surface area contributed by atoms with Crippen molar-refractivity contribution >= 4 is 51.0 Å². The number of hydrogen-bond donors (Lipinski definition) is 3. The number of carbonyl (C=O) groups excluding carboxylic acids is 2. The molecule has 3 heterocycles. The maximum absolute atomic E-state index is 12.6. The lowest BCUT2D eigenvalue weighted by atomic mass is 10.0. The van der Waals surface area contributed by atoms with Gasteiger partial charge in [0.2, 0.25) is 5.91 Å². The smallest absolute Gasteiger partial charge is 0.352 e. The van der Waals surface area contributed by atoms with E-state index in [4.69, 9.17) is 5.73 Å². The zero-order valence-corrected chi connectivity index (χ0v) is 16.0. The molecule has 2 unspecified atom stereocenters.